The van der Waals surface area contributed by atoms with E-state index in [0.29, 0.717) is 5.88 Å². The van der Waals surface area contributed by atoms with E-state index in [2.05, 4.69) is 36.4 Å². The number of nitrogens with two attached hydrogens (primary N) is 1. The van der Waals surface area contributed by atoms with Crippen LogP contribution in [0.1, 0.15) is 34.7 Å². The average molecular weight is 346 g/mol. The van der Waals surface area contributed by atoms with Gasteiger partial charge >= 0.3 is 0 Å². The van der Waals surface area contributed by atoms with E-state index in [1.165, 1.54) is 11.1 Å². The average Bonchev–Trinajstić information content (AvgIpc) is 3.27. The minimum absolute atomic E-state index is 0.00584. The van der Waals surface area contributed by atoms with Gasteiger partial charge in [0, 0.05) is 6.08 Å². The van der Waals surface area contributed by atoms with Gasteiger partial charge < -0.3 is 15.0 Å². The molecule has 132 valence electrons. The van der Waals surface area contributed by atoms with Gasteiger partial charge in [-0.05, 0) is 36.6 Å². The molecular weight excluding hydrogens is 324 g/mol. The Morgan fingerprint density at radius 1 is 0.962 bits per heavy atom. The Morgan fingerprint density at radius 3 is 2.31 bits per heavy atom. The number of hydrogen-bond donors (Lipinski definition) is 1. The van der Waals surface area contributed by atoms with Gasteiger partial charge in [0.2, 0.25) is 5.88 Å². The Hall–Kier alpha value is -2.98. The Balaban J connectivity index is 1.70. The molecule has 26 heavy (non-hydrogen) atoms. The van der Waals surface area contributed by atoms with Crippen molar-refractivity contribution in [2.24, 2.45) is 5.73 Å². The highest BCUT2D eigenvalue weighted by molar-refractivity contribution is 5.26. The first-order chi connectivity index (χ1) is 12.7. The fraction of sp³-hybridized carbons (Fsp3) is 0.182. The first-order valence-electron chi connectivity index (χ1n) is 8.79. The van der Waals surface area contributed by atoms with Crippen molar-refractivity contribution >= 4 is 0 Å². The number of aryl methyl sites for hydroxylation is 1. The van der Waals surface area contributed by atoms with E-state index in [4.69, 9.17) is 15.0 Å². The molecule has 0 fully saturated rings. The lowest BCUT2D eigenvalue weighted by Crippen LogP contribution is -2.30. The van der Waals surface area contributed by atoms with Crippen LogP contribution in [0.2, 0.25) is 0 Å². The molecule has 1 aromatic heterocycles. The van der Waals surface area contributed by atoms with Crippen LogP contribution in [0.3, 0.4) is 0 Å². The van der Waals surface area contributed by atoms with Gasteiger partial charge in [0.1, 0.15) is 17.6 Å². The molecule has 1 aliphatic rings. The maximum absolute atomic E-state index is 6.02. The number of rotatable bonds is 5. The SMILES string of the molecule is Cc1ccc(C2C=C(N)ON2C(Cc2ccccc2)c2ccccc2)o1. The zero-order valence-corrected chi connectivity index (χ0v) is 14.7. The van der Waals surface area contributed by atoms with Gasteiger partial charge in [0.15, 0.2) is 0 Å². The number of furan rings is 1. The Morgan fingerprint density at radius 2 is 1.65 bits per heavy atom. The monoisotopic (exact) mass is 346 g/mol. The standard InChI is InChI=1S/C22H22N2O2/c1-16-12-13-21(25-16)20-15-22(23)26-24(20)19(18-10-6-3-7-11-18)14-17-8-4-2-5-9-17/h2-13,15,19-20H,14,23H2,1H3. The predicted molar refractivity (Wildman–Crippen MR) is 101 cm³/mol. The van der Waals surface area contributed by atoms with Crippen LogP contribution in [-0.2, 0) is 11.3 Å². The lowest BCUT2D eigenvalue weighted by molar-refractivity contribution is -0.157. The van der Waals surface area contributed by atoms with Crippen LogP contribution in [-0.4, -0.2) is 5.06 Å². The summed E-state index contributed by atoms with van der Waals surface area (Å²) in [6.07, 6.45) is 2.71. The Labute approximate surface area is 153 Å². The van der Waals surface area contributed by atoms with E-state index >= 15 is 0 Å². The molecule has 0 saturated carbocycles. The second kappa shape index (κ2) is 7.10. The maximum atomic E-state index is 6.02. The quantitative estimate of drug-likeness (QED) is 0.730. The highest BCUT2D eigenvalue weighted by Crippen LogP contribution is 2.39. The highest BCUT2D eigenvalue weighted by atomic mass is 16.7. The molecule has 2 aromatic carbocycles. The maximum Gasteiger partial charge on any atom is 0.207 e. The number of hydroxylamine groups is 2. The molecule has 3 aromatic rings. The summed E-state index contributed by atoms with van der Waals surface area (Å²) in [6.45, 7) is 1.94. The molecule has 2 N–H and O–H groups in total. The largest absolute Gasteiger partial charge is 0.464 e. The first kappa shape index (κ1) is 16.5. The molecule has 2 heterocycles. The second-order valence-electron chi connectivity index (χ2n) is 6.53. The minimum Gasteiger partial charge on any atom is -0.464 e. The van der Waals surface area contributed by atoms with Gasteiger partial charge in [-0.3, -0.25) is 0 Å². The molecule has 0 bridgehead atoms. The molecule has 0 saturated heterocycles. The van der Waals surface area contributed by atoms with Gasteiger partial charge in [-0.25, -0.2) is 0 Å². The van der Waals surface area contributed by atoms with Crippen molar-refractivity contribution in [2.75, 3.05) is 0 Å². The fourth-order valence-corrected chi connectivity index (χ4v) is 3.38. The lowest BCUT2D eigenvalue weighted by Gasteiger charge is -2.31. The Bertz CT molecular complexity index is 887. The molecule has 4 heteroatoms. The summed E-state index contributed by atoms with van der Waals surface area (Å²) in [5.74, 6) is 2.10. The second-order valence-corrected chi connectivity index (χ2v) is 6.53. The van der Waals surface area contributed by atoms with Crippen molar-refractivity contribution in [1.29, 1.82) is 0 Å². The highest BCUT2D eigenvalue weighted by Gasteiger charge is 2.36. The number of nitrogens with zero attached hydrogens (tertiary/aromatic N) is 1. The van der Waals surface area contributed by atoms with Crippen LogP contribution in [0, 0.1) is 6.92 Å². The molecular formula is C22H22N2O2. The lowest BCUT2D eigenvalue weighted by atomic mass is 9.97. The van der Waals surface area contributed by atoms with Crippen molar-refractivity contribution < 1.29 is 9.25 Å². The molecule has 0 amide bonds. The molecule has 2 unspecified atom stereocenters. The van der Waals surface area contributed by atoms with Crippen molar-refractivity contribution in [3.63, 3.8) is 0 Å². The van der Waals surface area contributed by atoms with E-state index in [0.717, 1.165) is 17.9 Å². The molecule has 0 spiro atoms. The molecule has 4 rings (SSSR count). The minimum atomic E-state index is -0.155. The van der Waals surface area contributed by atoms with Gasteiger partial charge in [0.25, 0.3) is 0 Å². The van der Waals surface area contributed by atoms with Crippen LogP contribution in [0.4, 0.5) is 0 Å². The van der Waals surface area contributed by atoms with Gasteiger partial charge in [-0.1, -0.05) is 60.7 Å². The van der Waals surface area contributed by atoms with Crippen LogP contribution in [0.5, 0.6) is 0 Å². The third-order valence-corrected chi connectivity index (χ3v) is 4.62. The van der Waals surface area contributed by atoms with E-state index < -0.39 is 0 Å². The van der Waals surface area contributed by atoms with E-state index in [-0.39, 0.29) is 12.1 Å². The van der Waals surface area contributed by atoms with Crippen molar-refractivity contribution in [2.45, 2.75) is 25.4 Å². The summed E-state index contributed by atoms with van der Waals surface area (Å²) in [4.78, 5) is 5.94. The van der Waals surface area contributed by atoms with Crippen LogP contribution >= 0.6 is 0 Å². The number of benzene rings is 2. The van der Waals surface area contributed by atoms with Crippen LogP contribution < -0.4 is 5.73 Å². The van der Waals surface area contributed by atoms with Crippen LogP contribution in [0.25, 0.3) is 0 Å². The van der Waals surface area contributed by atoms with Crippen molar-refractivity contribution in [3.05, 3.63) is 107 Å². The fourth-order valence-electron chi connectivity index (χ4n) is 3.38. The molecule has 0 aliphatic carbocycles. The zero-order valence-electron chi connectivity index (χ0n) is 14.7. The summed E-state index contributed by atoms with van der Waals surface area (Å²) in [6, 6.07) is 24.6. The van der Waals surface area contributed by atoms with E-state index in [1.54, 1.807) is 0 Å². The summed E-state index contributed by atoms with van der Waals surface area (Å²) in [7, 11) is 0. The molecule has 4 nitrogen and oxygen atoms in total. The first-order valence-corrected chi connectivity index (χ1v) is 8.79. The summed E-state index contributed by atoms with van der Waals surface area (Å²) in [5, 5.41) is 1.94. The molecule has 0 radical (unpaired) electrons. The Kier molecular flexibility index (Phi) is 4.50. The van der Waals surface area contributed by atoms with E-state index in [9.17, 15) is 0 Å². The molecule has 2 atom stereocenters. The van der Waals surface area contributed by atoms with Crippen LogP contribution in [0.15, 0.2) is 89.2 Å². The van der Waals surface area contributed by atoms with Gasteiger partial charge in [0.05, 0.1) is 6.04 Å². The van der Waals surface area contributed by atoms with Gasteiger partial charge in [-0.15, -0.1) is 5.06 Å². The predicted octanol–water partition coefficient (Wildman–Crippen LogP) is 4.66. The third-order valence-electron chi connectivity index (χ3n) is 4.62. The van der Waals surface area contributed by atoms with Crippen molar-refractivity contribution in [3.8, 4) is 0 Å². The molecule has 1 aliphatic heterocycles. The van der Waals surface area contributed by atoms with Gasteiger partial charge in [-0.2, -0.15) is 0 Å². The summed E-state index contributed by atoms with van der Waals surface area (Å²) >= 11 is 0. The normalized spacial score (nSPS) is 18.3. The summed E-state index contributed by atoms with van der Waals surface area (Å²) in [5.41, 5.74) is 8.44. The third kappa shape index (κ3) is 3.37. The van der Waals surface area contributed by atoms with Crippen molar-refractivity contribution in [1.82, 2.24) is 5.06 Å². The van der Waals surface area contributed by atoms with E-state index in [1.807, 2.05) is 54.5 Å². The zero-order chi connectivity index (χ0) is 17.9. The topological polar surface area (TPSA) is 51.6 Å². The number of hydrogen-bond acceptors (Lipinski definition) is 4. The smallest absolute Gasteiger partial charge is 0.207 e. The summed E-state index contributed by atoms with van der Waals surface area (Å²) < 4.78 is 5.86.